The standard InChI is InChI=1S/C14H14ClNOS/c1-17-13-7-6-11(15)8-10(13)9-18-14-5-3-2-4-12(14)16/h2-8H,9,16H2,1H3. The molecule has 0 aliphatic carbocycles. The smallest absolute Gasteiger partial charge is 0.123 e. The summed E-state index contributed by atoms with van der Waals surface area (Å²) in [6.07, 6.45) is 0. The van der Waals surface area contributed by atoms with Gasteiger partial charge in [-0.3, -0.25) is 0 Å². The molecule has 2 nitrogen and oxygen atoms in total. The lowest BCUT2D eigenvalue weighted by Crippen LogP contribution is -1.92. The number of methoxy groups -OCH3 is 1. The molecule has 0 amide bonds. The molecule has 2 aromatic carbocycles. The second kappa shape index (κ2) is 6.03. The lowest BCUT2D eigenvalue weighted by atomic mass is 10.2. The van der Waals surface area contributed by atoms with Crippen LogP contribution in [-0.2, 0) is 5.75 Å². The molecule has 0 saturated carbocycles. The van der Waals surface area contributed by atoms with Crippen molar-refractivity contribution in [3.63, 3.8) is 0 Å². The Morgan fingerprint density at radius 1 is 1.22 bits per heavy atom. The number of nitrogens with two attached hydrogens (primary N) is 1. The second-order valence-electron chi connectivity index (χ2n) is 3.78. The van der Waals surface area contributed by atoms with Crippen LogP contribution in [0.15, 0.2) is 47.4 Å². The summed E-state index contributed by atoms with van der Waals surface area (Å²) in [6.45, 7) is 0. The van der Waals surface area contributed by atoms with Gasteiger partial charge in [-0.2, -0.15) is 0 Å². The van der Waals surface area contributed by atoms with Crippen LogP contribution in [0.5, 0.6) is 5.75 Å². The lowest BCUT2D eigenvalue weighted by molar-refractivity contribution is 0.411. The van der Waals surface area contributed by atoms with E-state index in [9.17, 15) is 0 Å². The summed E-state index contributed by atoms with van der Waals surface area (Å²) >= 11 is 7.67. The maximum atomic E-state index is 6.00. The van der Waals surface area contributed by atoms with Crippen LogP contribution in [-0.4, -0.2) is 7.11 Å². The Bertz CT molecular complexity index is 545. The summed E-state index contributed by atoms with van der Waals surface area (Å²) in [5, 5.41) is 0.715. The number of benzene rings is 2. The first-order valence-electron chi connectivity index (χ1n) is 5.50. The molecular formula is C14H14ClNOS. The molecule has 0 aliphatic rings. The Morgan fingerprint density at radius 3 is 2.72 bits per heavy atom. The minimum atomic E-state index is 0.715. The Kier molecular flexibility index (Phi) is 4.39. The van der Waals surface area contributed by atoms with E-state index >= 15 is 0 Å². The minimum Gasteiger partial charge on any atom is -0.496 e. The highest BCUT2D eigenvalue weighted by Crippen LogP contribution is 2.32. The van der Waals surface area contributed by atoms with E-state index in [2.05, 4.69) is 0 Å². The van der Waals surface area contributed by atoms with E-state index < -0.39 is 0 Å². The fourth-order valence-electron chi connectivity index (χ4n) is 1.63. The third-order valence-corrected chi connectivity index (χ3v) is 3.92. The van der Waals surface area contributed by atoms with Crippen molar-refractivity contribution in [3.8, 4) is 5.75 Å². The average molecular weight is 280 g/mol. The quantitative estimate of drug-likeness (QED) is 0.672. The first kappa shape index (κ1) is 13.1. The zero-order valence-corrected chi connectivity index (χ0v) is 11.6. The fraction of sp³-hybridized carbons (Fsp3) is 0.143. The minimum absolute atomic E-state index is 0.715. The summed E-state index contributed by atoms with van der Waals surface area (Å²) < 4.78 is 5.32. The van der Waals surface area contributed by atoms with Crippen molar-refractivity contribution in [2.24, 2.45) is 0 Å². The number of rotatable bonds is 4. The van der Waals surface area contributed by atoms with Crippen molar-refractivity contribution in [1.29, 1.82) is 0 Å². The van der Waals surface area contributed by atoms with Gasteiger partial charge >= 0.3 is 0 Å². The van der Waals surface area contributed by atoms with Crippen LogP contribution in [0.2, 0.25) is 5.02 Å². The van der Waals surface area contributed by atoms with Crippen molar-refractivity contribution in [2.75, 3.05) is 12.8 Å². The largest absolute Gasteiger partial charge is 0.496 e. The zero-order valence-electron chi connectivity index (χ0n) is 10.0. The highest BCUT2D eigenvalue weighted by atomic mass is 35.5. The molecule has 0 fully saturated rings. The van der Waals surface area contributed by atoms with Crippen LogP contribution in [0.1, 0.15) is 5.56 Å². The molecule has 2 N–H and O–H groups in total. The SMILES string of the molecule is COc1ccc(Cl)cc1CSc1ccccc1N. The summed E-state index contributed by atoms with van der Waals surface area (Å²) in [6, 6.07) is 13.5. The van der Waals surface area contributed by atoms with Crippen LogP contribution < -0.4 is 10.5 Å². The molecular weight excluding hydrogens is 266 g/mol. The van der Waals surface area contributed by atoms with E-state index in [0.29, 0.717) is 5.02 Å². The van der Waals surface area contributed by atoms with Gasteiger partial charge in [-0.1, -0.05) is 23.7 Å². The molecule has 4 heteroatoms. The average Bonchev–Trinajstić information content (AvgIpc) is 2.38. The summed E-state index contributed by atoms with van der Waals surface area (Å²) in [7, 11) is 1.66. The summed E-state index contributed by atoms with van der Waals surface area (Å²) in [5.74, 6) is 1.62. The van der Waals surface area contributed by atoms with Gasteiger partial charge < -0.3 is 10.5 Å². The van der Waals surface area contributed by atoms with Crippen LogP contribution in [0, 0.1) is 0 Å². The number of ether oxygens (including phenoxy) is 1. The van der Waals surface area contributed by atoms with Gasteiger partial charge in [0.15, 0.2) is 0 Å². The number of halogens is 1. The van der Waals surface area contributed by atoms with E-state index in [1.54, 1.807) is 18.9 Å². The molecule has 94 valence electrons. The van der Waals surface area contributed by atoms with Crippen molar-refractivity contribution in [2.45, 2.75) is 10.6 Å². The number of anilines is 1. The van der Waals surface area contributed by atoms with Crippen LogP contribution in [0.3, 0.4) is 0 Å². The van der Waals surface area contributed by atoms with E-state index in [1.165, 1.54) is 0 Å². The molecule has 2 rings (SSSR count). The summed E-state index contributed by atoms with van der Waals surface area (Å²) in [4.78, 5) is 1.07. The van der Waals surface area contributed by atoms with Gasteiger partial charge in [0.05, 0.1) is 7.11 Å². The molecule has 0 saturated heterocycles. The van der Waals surface area contributed by atoms with Crippen molar-refractivity contribution in [1.82, 2.24) is 0 Å². The van der Waals surface area contributed by atoms with Crippen LogP contribution >= 0.6 is 23.4 Å². The number of hydrogen-bond acceptors (Lipinski definition) is 3. The molecule has 0 heterocycles. The molecule has 18 heavy (non-hydrogen) atoms. The van der Waals surface area contributed by atoms with Crippen molar-refractivity contribution in [3.05, 3.63) is 53.1 Å². The van der Waals surface area contributed by atoms with Gasteiger partial charge in [-0.25, -0.2) is 0 Å². The predicted octanol–water partition coefficient (Wildman–Crippen LogP) is 4.22. The van der Waals surface area contributed by atoms with Crippen molar-refractivity contribution < 1.29 is 4.74 Å². The molecule has 0 aromatic heterocycles. The van der Waals surface area contributed by atoms with E-state index in [-0.39, 0.29) is 0 Å². The Hall–Kier alpha value is -1.32. The molecule has 2 aromatic rings. The Labute approximate surface area is 116 Å². The number of para-hydroxylation sites is 1. The summed E-state index contributed by atoms with van der Waals surface area (Å²) in [5.41, 5.74) is 7.77. The van der Waals surface area contributed by atoms with E-state index in [4.69, 9.17) is 22.1 Å². The highest BCUT2D eigenvalue weighted by molar-refractivity contribution is 7.98. The zero-order chi connectivity index (χ0) is 13.0. The Morgan fingerprint density at radius 2 is 2.00 bits per heavy atom. The number of nitrogen functional groups attached to an aromatic ring is 1. The molecule has 0 aliphatic heterocycles. The lowest BCUT2D eigenvalue weighted by Gasteiger charge is -2.09. The molecule has 0 unspecified atom stereocenters. The fourth-order valence-corrected chi connectivity index (χ4v) is 2.77. The van der Waals surface area contributed by atoms with Gasteiger partial charge in [0.2, 0.25) is 0 Å². The van der Waals surface area contributed by atoms with Gasteiger partial charge in [0, 0.05) is 26.9 Å². The maximum absolute atomic E-state index is 6.00. The molecule has 0 bridgehead atoms. The molecule has 0 radical (unpaired) electrons. The number of hydrogen-bond donors (Lipinski definition) is 1. The van der Waals surface area contributed by atoms with E-state index in [1.807, 2.05) is 42.5 Å². The van der Waals surface area contributed by atoms with Crippen LogP contribution in [0.25, 0.3) is 0 Å². The van der Waals surface area contributed by atoms with Gasteiger partial charge in [-0.15, -0.1) is 11.8 Å². The van der Waals surface area contributed by atoms with Crippen molar-refractivity contribution >= 4 is 29.1 Å². The Balaban J connectivity index is 2.15. The van der Waals surface area contributed by atoms with Gasteiger partial charge in [0.25, 0.3) is 0 Å². The predicted molar refractivity (Wildman–Crippen MR) is 78.4 cm³/mol. The second-order valence-corrected chi connectivity index (χ2v) is 5.24. The van der Waals surface area contributed by atoms with Crippen LogP contribution in [0.4, 0.5) is 5.69 Å². The maximum Gasteiger partial charge on any atom is 0.123 e. The first-order valence-corrected chi connectivity index (χ1v) is 6.87. The highest BCUT2D eigenvalue weighted by Gasteiger charge is 2.06. The monoisotopic (exact) mass is 279 g/mol. The number of thioether (sulfide) groups is 1. The van der Waals surface area contributed by atoms with Gasteiger partial charge in [-0.05, 0) is 30.3 Å². The third kappa shape index (κ3) is 3.12. The third-order valence-electron chi connectivity index (χ3n) is 2.54. The first-order chi connectivity index (χ1) is 8.70. The normalized spacial score (nSPS) is 10.3. The molecule has 0 spiro atoms. The topological polar surface area (TPSA) is 35.2 Å². The van der Waals surface area contributed by atoms with Gasteiger partial charge in [0.1, 0.15) is 5.75 Å². The molecule has 0 atom stereocenters. The van der Waals surface area contributed by atoms with E-state index in [0.717, 1.165) is 27.6 Å².